The lowest BCUT2D eigenvalue weighted by atomic mass is 9.83. The molecule has 31 heavy (non-hydrogen) atoms. The van der Waals surface area contributed by atoms with Crippen LogP contribution >= 0.6 is 27.5 Å². The van der Waals surface area contributed by atoms with E-state index in [4.69, 9.17) is 21.1 Å². The van der Waals surface area contributed by atoms with Gasteiger partial charge < -0.3 is 14.4 Å². The van der Waals surface area contributed by atoms with Gasteiger partial charge in [0, 0.05) is 28.4 Å². The van der Waals surface area contributed by atoms with E-state index in [1.165, 1.54) is 0 Å². The van der Waals surface area contributed by atoms with E-state index in [-0.39, 0.29) is 13.2 Å². The van der Waals surface area contributed by atoms with Gasteiger partial charge in [-0.25, -0.2) is 9.59 Å². The summed E-state index contributed by atoms with van der Waals surface area (Å²) in [6.45, 7) is 4.42. The average molecular weight is 505 g/mol. The molecular weight excluding hydrogens is 482 g/mol. The zero-order valence-electron chi connectivity index (χ0n) is 17.3. The first-order valence-electron chi connectivity index (χ1n) is 9.96. The van der Waals surface area contributed by atoms with E-state index in [1.807, 2.05) is 36.4 Å². The second kappa shape index (κ2) is 10.6. The predicted molar refractivity (Wildman–Crippen MR) is 123 cm³/mol. The van der Waals surface area contributed by atoms with Crippen LogP contribution in [0.4, 0.5) is 0 Å². The van der Waals surface area contributed by atoms with Gasteiger partial charge in [0.15, 0.2) is 0 Å². The molecule has 0 saturated carbocycles. The van der Waals surface area contributed by atoms with Crippen molar-refractivity contribution in [1.82, 2.24) is 4.90 Å². The lowest BCUT2D eigenvalue weighted by molar-refractivity contribution is -0.139. The first kappa shape index (κ1) is 23.1. The predicted octanol–water partition coefficient (Wildman–Crippen LogP) is 5.60. The Morgan fingerprint density at radius 1 is 0.935 bits per heavy atom. The lowest BCUT2D eigenvalue weighted by Gasteiger charge is -2.31. The number of carbonyl (C=O) groups excluding carboxylic acids is 2. The summed E-state index contributed by atoms with van der Waals surface area (Å²) in [6, 6.07) is 14.9. The Morgan fingerprint density at radius 2 is 1.48 bits per heavy atom. The highest BCUT2D eigenvalue weighted by molar-refractivity contribution is 9.10. The molecule has 0 unspecified atom stereocenters. The summed E-state index contributed by atoms with van der Waals surface area (Å²) < 4.78 is 11.4. The summed E-state index contributed by atoms with van der Waals surface area (Å²) in [7, 11) is 0. The number of hydrogen-bond acceptors (Lipinski definition) is 5. The SMILES string of the molecule is CCOC(=O)C1=CN(Cc2ccc(Cl)cc2)C=C(C(=O)OCC)C1c1ccccc1Br. The van der Waals surface area contributed by atoms with E-state index in [2.05, 4.69) is 15.9 Å². The second-order valence-electron chi connectivity index (χ2n) is 6.86. The van der Waals surface area contributed by atoms with Crippen molar-refractivity contribution in [2.24, 2.45) is 0 Å². The Labute approximate surface area is 195 Å². The van der Waals surface area contributed by atoms with Gasteiger partial charge in [-0.05, 0) is 43.2 Å². The minimum Gasteiger partial charge on any atom is -0.463 e. The van der Waals surface area contributed by atoms with E-state index in [1.54, 1.807) is 43.3 Å². The van der Waals surface area contributed by atoms with Crippen molar-refractivity contribution in [2.75, 3.05) is 13.2 Å². The maximum Gasteiger partial charge on any atom is 0.336 e. The molecule has 0 spiro atoms. The molecule has 0 radical (unpaired) electrons. The van der Waals surface area contributed by atoms with Crippen molar-refractivity contribution in [3.05, 3.63) is 92.7 Å². The van der Waals surface area contributed by atoms with Gasteiger partial charge in [-0.1, -0.05) is 57.9 Å². The van der Waals surface area contributed by atoms with Gasteiger partial charge in [0.25, 0.3) is 0 Å². The Balaban J connectivity index is 2.09. The number of esters is 2. The Hall–Kier alpha value is -2.57. The fourth-order valence-corrected chi connectivity index (χ4v) is 4.06. The van der Waals surface area contributed by atoms with E-state index < -0.39 is 17.9 Å². The fraction of sp³-hybridized carbons (Fsp3) is 0.250. The summed E-state index contributed by atoms with van der Waals surface area (Å²) in [5.41, 5.74) is 2.50. The number of nitrogens with zero attached hydrogens (tertiary/aromatic N) is 1. The molecule has 0 saturated heterocycles. The molecule has 0 amide bonds. The molecule has 2 aromatic carbocycles. The quantitative estimate of drug-likeness (QED) is 0.460. The van der Waals surface area contributed by atoms with E-state index in [9.17, 15) is 9.59 Å². The normalized spacial score (nSPS) is 14.0. The third kappa shape index (κ3) is 5.57. The zero-order valence-corrected chi connectivity index (χ0v) is 19.7. The maximum atomic E-state index is 12.9. The molecule has 1 aliphatic heterocycles. The molecule has 162 valence electrons. The van der Waals surface area contributed by atoms with Gasteiger partial charge in [-0.3, -0.25) is 0 Å². The number of halogens is 2. The van der Waals surface area contributed by atoms with Crippen LogP contribution in [0.5, 0.6) is 0 Å². The molecular formula is C24H23BrClNO4. The van der Waals surface area contributed by atoms with Crippen molar-refractivity contribution >= 4 is 39.5 Å². The number of benzene rings is 2. The minimum absolute atomic E-state index is 0.231. The van der Waals surface area contributed by atoms with E-state index in [0.29, 0.717) is 22.7 Å². The molecule has 0 fully saturated rings. The summed E-state index contributed by atoms with van der Waals surface area (Å²) in [5, 5.41) is 0.641. The number of hydrogen-bond donors (Lipinski definition) is 0. The van der Waals surface area contributed by atoms with Crippen LogP contribution < -0.4 is 0 Å². The molecule has 2 aromatic rings. The molecule has 7 heteroatoms. The number of carbonyl (C=O) groups is 2. The molecule has 0 bridgehead atoms. The zero-order chi connectivity index (χ0) is 22.4. The standard InChI is InChI=1S/C24H23BrClNO4/c1-3-30-23(28)19-14-27(13-16-9-11-17(26)12-10-16)15-20(24(29)31-4-2)22(19)18-7-5-6-8-21(18)25/h5-12,14-15,22H,3-4,13H2,1-2H3. The van der Waals surface area contributed by atoms with Crippen LogP contribution in [0.25, 0.3) is 0 Å². The van der Waals surface area contributed by atoms with E-state index >= 15 is 0 Å². The summed E-state index contributed by atoms with van der Waals surface area (Å²) in [4.78, 5) is 27.7. The summed E-state index contributed by atoms with van der Waals surface area (Å²) in [5.74, 6) is -1.56. The highest BCUT2D eigenvalue weighted by atomic mass is 79.9. The summed E-state index contributed by atoms with van der Waals surface area (Å²) >= 11 is 9.54. The molecule has 0 N–H and O–H groups in total. The topological polar surface area (TPSA) is 55.8 Å². The first-order chi connectivity index (χ1) is 14.9. The second-order valence-corrected chi connectivity index (χ2v) is 8.15. The Bertz CT molecular complexity index is 980. The van der Waals surface area contributed by atoms with Gasteiger partial charge in [-0.2, -0.15) is 0 Å². The van der Waals surface area contributed by atoms with Crippen LogP contribution in [0.15, 0.2) is 76.5 Å². The molecule has 1 aliphatic rings. The molecule has 5 nitrogen and oxygen atoms in total. The monoisotopic (exact) mass is 503 g/mol. The molecule has 3 rings (SSSR count). The van der Waals surface area contributed by atoms with Crippen molar-refractivity contribution in [2.45, 2.75) is 26.3 Å². The van der Waals surface area contributed by atoms with Gasteiger partial charge in [0.2, 0.25) is 0 Å². The minimum atomic E-state index is -0.616. The Kier molecular flexibility index (Phi) is 7.93. The van der Waals surface area contributed by atoms with Gasteiger partial charge in [-0.15, -0.1) is 0 Å². The van der Waals surface area contributed by atoms with Crippen molar-refractivity contribution < 1.29 is 19.1 Å². The van der Waals surface area contributed by atoms with Crippen LogP contribution in [-0.4, -0.2) is 30.1 Å². The largest absolute Gasteiger partial charge is 0.463 e. The molecule has 0 aromatic heterocycles. The first-order valence-corrected chi connectivity index (χ1v) is 11.1. The van der Waals surface area contributed by atoms with Gasteiger partial charge >= 0.3 is 11.9 Å². The van der Waals surface area contributed by atoms with Crippen molar-refractivity contribution in [3.63, 3.8) is 0 Å². The third-order valence-corrected chi connectivity index (χ3v) is 5.72. The highest BCUT2D eigenvalue weighted by Gasteiger charge is 2.36. The van der Waals surface area contributed by atoms with E-state index in [0.717, 1.165) is 15.6 Å². The molecule has 0 atom stereocenters. The third-order valence-electron chi connectivity index (χ3n) is 4.75. The summed E-state index contributed by atoms with van der Waals surface area (Å²) in [6.07, 6.45) is 3.47. The van der Waals surface area contributed by atoms with Crippen molar-refractivity contribution in [1.29, 1.82) is 0 Å². The van der Waals surface area contributed by atoms with Crippen LogP contribution in [0.1, 0.15) is 30.9 Å². The van der Waals surface area contributed by atoms with Crippen LogP contribution in [-0.2, 0) is 25.6 Å². The highest BCUT2D eigenvalue weighted by Crippen LogP contribution is 2.40. The van der Waals surface area contributed by atoms with Gasteiger partial charge in [0.05, 0.1) is 30.3 Å². The number of rotatable bonds is 7. The fourth-order valence-electron chi connectivity index (χ4n) is 3.42. The van der Waals surface area contributed by atoms with Crippen LogP contribution in [0.3, 0.4) is 0 Å². The average Bonchev–Trinajstić information content (AvgIpc) is 2.76. The number of ether oxygens (including phenoxy) is 2. The molecule has 0 aliphatic carbocycles. The maximum absolute atomic E-state index is 12.9. The smallest absolute Gasteiger partial charge is 0.336 e. The Morgan fingerprint density at radius 3 is 2.00 bits per heavy atom. The molecule has 1 heterocycles. The van der Waals surface area contributed by atoms with Crippen LogP contribution in [0.2, 0.25) is 5.02 Å². The lowest BCUT2D eigenvalue weighted by Crippen LogP contribution is -2.29. The van der Waals surface area contributed by atoms with Crippen molar-refractivity contribution in [3.8, 4) is 0 Å². The van der Waals surface area contributed by atoms with Crippen LogP contribution in [0, 0.1) is 0 Å². The van der Waals surface area contributed by atoms with Gasteiger partial charge in [0.1, 0.15) is 0 Å².